The number of hydrogen-bond acceptors (Lipinski definition) is 2. The summed E-state index contributed by atoms with van der Waals surface area (Å²) in [5.74, 6) is -6.38. The predicted octanol–water partition coefficient (Wildman–Crippen LogP) is 3.42. The molecule has 2 N–H and O–H groups in total. The van der Waals surface area contributed by atoms with Gasteiger partial charge in [-0.2, -0.15) is 26.3 Å². The van der Waals surface area contributed by atoms with Gasteiger partial charge in [-0.25, -0.2) is 0 Å². The number of halogens is 6. The van der Waals surface area contributed by atoms with Crippen LogP contribution in [0, 0.1) is 5.92 Å². The molecule has 0 fully saturated rings. The van der Waals surface area contributed by atoms with Crippen LogP contribution in [-0.4, -0.2) is 23.4 Å². The number of alkyl halides is 6. The Kier molecular flexibility index (Phi) is 4.87. The maximum atomic E-state index is 12.4. The van der Waals surface area contributed by atoms with Crippen LogP contribution in [-0.2, 0) is 4.79 Å². The highest BCUT2D eigenvalue weighted by Crippen LogP contribution is 2.40. The first kappa shape index (κ1) is 17.3. The molecule has 1 aromatic carbocycles. The number of aliphatic hydroxyl groups is 1. The topological polar surface area (TPSA) is 49.3 Å². The summed E-state index contributed by atoms with van der Waals surface area (Å²) in [7, 11) is 0. The molecule has 1 rings (SSSR count). The van der Waals surface area contributed by atoms with Crippen LogP contribution in [0.5, 0.6) is 0 Å². The van der Waals surface area contributed by atoms with Crippen LogP contribution < -0.4 is 5.32 Å². The number of para-hydroxylation sites is 1. The first-order valence-electron chi connectivity index (χ1n) is 5.66. The molecule has 118 valence electrons. The van der Waals surface area contributed by atoms with Gasteiger partial charge in [0.15, 0.2) is 0 Å². The molecule has 1 amide bonds. The molecule has 1 unspecified atom stereocenters. The molecule has 0 saturated carbocycles. The summed E-state index contributed by atoms with van der Waals surface area (Å²) in [6.07, 6.45) is -12.7. The molecule has 0 aromatic heterocycles. The molecular weight excluding hydrogens is 304 g/mol. The number of carbonyl (C=O) groups excluding carboxylic acids is 1. The third-order valence-electron chi connectivity index (χ3n) is 2.59. The Labute approximate surface area is 115 Å². The van der Waals surface area contributed by atoms with E-state index in [4.69, 9.17) is 0 Å². The number of anilines is 1. The van der Waals surface area contributed by atoms with Crippen molar-refractivity contribution in [3.8, 4) is 0 Å². The fourth-order valence-corrected chi connectivity index (χ4v) is 1.66. The van der Waals surface area contributed by atoms with Crippen LogP contribution in [0.3, 0.4) is 0 Å². The minimum Gasteiger partial charge on any atom is -0.389 e. The molecule has 0 heterocycles. The van der Waals surface area contributed by atoms with Gasteiger partial charge in [0.1, 0.15) is 0 Å². The molecule has 0 spiro atoms. The van der Waals surface area contributed by atoms with Crippen molar-refractivity contribution < 1.29 is 36.2 Å². The van der Waals surface area contributed by atoms with Crippen molar-refractivity contribution in [2.24, 2.45) is 5.92 Å². The van der Waals surface area contributed by atoms with Crippen molar-refractivity contribution in [1.82, 2.24) is 0 Å². The van der Waals surface area contributed by atoms with E-state index in [1.165, 1.54) is 25.1 Å². The van der Waals surface area contributed by atoms with Crippen LogP contribution >= 0.6 is 0 Å². The number of rotatable bonds is 3. The summed E-state index contributed by atoms with van der Waals surface area (Å²) >= 11 is 0. The SMILES string of the molecule is CC(O)c1ccccc1NC(=O)C(C(F)(F)F)C(F)(F)F. The van der Waals surface area contributed by atoms with E-state index in [1.807, 2.05) is 0 Å². The Balaban J connectivity index is 3.09. The normalized spacial score (nSPS) is 14.1. The molecule has 21 heavy (non-hydrogen) atoms. The highest BCUT2D eigenvalue weighted by atomic mass is 19.4. The number of aliphatic hydroxyl groups excluding tert-OH is 1. The lowest BCUT2D eigenvalue weighted by atomic mass is 10.1. The molecule has 0 radical (unpaired) electrons. The van der Waals surface area contributed by atoms with Crippen molar-refractivity contribution in [2.75, 3.05) is 5.32 Å². The van der Waals surface area contributed by atoms with Crippen molar-refractivity contribution in [3.63, 3.8) is 0 Å². The summed E-state index contributed by atoms with van der Waals surface area (Å²) in [5, 5.41) is 10.9. The van der Waals surface area contributed by atoms with Gasteiger partial charge in [-0.3, -0.25) is 4.79 Å². The average Bonchev–Trinajstić information content (AvgIpc) is 2.24. The van der Waals surface area contributed by atoms with Crippen LogP contribution in [0.15, 0.2) is 24.3 Å². The van der Waals surface area contributed by atoms with E-state index < -0.39 is 30.3 Å². The summed E-state index contributed by atoms with van der Waals surface area (Å²) in [4.78, 5) is 11.3. The maximum absolute atomic E-state index is 12.4. The van der Waals surface area contributed by atoms with Crippen LogP contribution in [0.1, 0.15) is 18.6 Å². The summed E-state index contributed by atoms with van der Waals surface area (Å²) in [6, 6.07) is 5.10. The van der Waals surface area contributed by atoms with Crippen molar-refractivity contribution in [1.29, 1.82) is 0 Å². The Bertz CT molecular complexity index is 495. The van der Waals surface area contributed by atoms with Gasteiger partial charge < -0.3 is 10.4 Å². The summed E-state index contributed by atoms with van der Waals surface area (Å²) in [6.45, 7) is 1.26. The third kappa shape index (κ3) is 4.35. The smallest absolute Gasteiger partial charge is 0.389 e. The lowest BCUT2D eigenvalue weighted by Gasteiger charge is -2.23. The highest BCUT2D eigenvalue weighted by molar-refractivity contribution is 5.94. The zero-order valence-corrected chi connectivity index (χ0v) is 10.6. The predicted molar refractivity (Wildman–Crippen MR) is 61.3 cm³/mol. The Morgan fingerprint density at radius 1 is 1.10 bits per heavy atom. The number of carbonyl (C=O) groups is 1. The number of amides is 1. The average molecular weight is 315 g/mol. The molecule has 0 aliphatic carbocycles. The van der Waals surface area contributed by atoms with E-state index in [2.05, 4.69) is 0 Å². The van der Waals surface area contributed by atoms with Crippen molar-refractivity contribution in [3.05, 3.63) is 29.8 Å². The monoisotopic (exact) mass is 315 g/mol. The van der Waals surface area contributed by atoms with Gasteiger partial charge in [-0.05, 0) is 13.0 Å². The molecule has 0 bridgehead atoms. The second-order valence-corrected chi connectivity index (χ2v) is 4.27. The zero-order valence-electron chi connectivity index (χ0n) is 10.6. The minimum absolute atomic E-state index is 0.00829. The molecule has 1 aromatic rings. The Hall–Kier alpha value is -1.77. The third-order valence-corrected chi connectivity index (χ3v) is 2.59. The van der Waals surface area contributed by atoms with Crippen molar-refractivity contribution in [2.45, 2.75) is 25.4 Å². The van der Waals surface area contributed by atoms with E-state index in [-0.39, 0.29) is 11.3 Å². The standard InChI is InChI=1S/C12H11F6NO2/c1-6(20)7-4-2-3-5-8(7)19-10(21)9(11(13,14)15)12(16,17)18/h2-6,9,20H,1H3,(H,19,21). The number of hydrogen-bond donors (Lipinski definition) is 2. The van der Waals surface area contributed by atoms with Gasteiger partial charge in [0.25, 0.3) is 0 Å². The lowest BCUT2D eigenvalue weighted by molar-refractivity contribution is -0.272. The number of benzene rings is 1. The van der Waals surface area contributed by atoms with E-state index in [0.717, 1.165) is 6.07 Å². The van der Waals surface area contributed by atoms with Crippen LogP contribution in [0.25, 0.3) is 0 Å². The van der Waals surface area contributed by atoms with Gasteiger partial charge in [0.05, 0.1) is 6.10 Å². The van der Waals surface area contributed by atoms with E-state index >= 15 is 0 Å². The molecule has 9 heteroatoms. The Morgan fingerprint density at radius 3 is 2.00 bits per heavy atom. The number of nitrogens with one attached hydrogen (secondary N) is 1. The molecular formula is C12H11F6NO2. The largest absolute Gasteiger partial charge is 0.409 e. The zero-order chi connectivity index (χ0) is 16.4. The van der Waals surface area contributed by atoms with Gasteiger partial charge in [-0.1, -0.05) is 18.2 Å². The van der Waals surface area contributed by atoms with Gasteiger partial charge in [-0.15, -0.1) is 0 Å². The molecule has 3 nitrogen and oxygen atoms in total. The lowest BCUT2D eigenvalue weighted by Crippen LogP contribution is -2.45. The fourth-order valence-electron chi connectivity index (χ4n) is 1.66. The van der Waals surface area contributed by atoms with E-state index in [1.54, 1.807) is 5.32 Å². The van der Waals surface area contributed by atoms with Crippen LogP contribution in [0.4, 0.5) is 32.0 Å². The first-order chi connectivity index (χ1) is 9.44. The first-order valence-corrected chi connectivity index (χ1v) is 5.66. The molecule has 0 saturated heterocycles. The molecule has 0 aliphatic rings. The summed E-state index contributed by atoms with van der Waals surface area (Å²) < 4.78 is 74.4. The second kappa shape index (κ2) is 5.92. The quantitative estimate of drug-likeness (QED) is 0.840. The van der Waals surface area contributed by atoms with Crippen molar-refractivity contribution >= 4 is 11.6 Å². The second-order valence-electron chi connectivity index (χ2n) is 4.27. The minimum atomic E-state index is -5.76. The van der Waals surface area contributed by atoms with Gasteiger partial charge in [0, 0.05) is 11.3 Å². The maximum Gasteiger partial charge on any atom is 0.409 e. The fraction of sp³-hybridized carbons (Fsp3) is 0.417. The Morgan fingerprint density at radius 2 is 1.57 bits per heavy atom. The molecule has 0 aliphatic heterocycles. The van der Waals surface area contributed by atoms with Gasteiger partial charge in [0.2, 0.25) is 11.8 Å². The molecule has 1 atom stereocenters. The van der Waals surface area contributed by atoms with Gasteiger partial charge >= 0.3 is 12.4 Å². The van der Waals surface area contributed by atoms with E-state index in [0.29, 0.717) is 0 Å². The summed E-state index contributed by atoms with van der Waals surface area (Å²) in [5.41, 5.74) is -0.301. The van der Waals surface area contributed by atoms with E-state index in [9.17, 15) is 36.2 Å². The van der Waals surface area contributed by atoms with Crippen LogP contribution in [0.2, 0.25) is 0 Å². The highest BCUT2D eigenvalue weighted by Gasteiger charge is 2.61.